The van der Waals surface area contributed by atoms with Gasteiger partial charge in [-0.2, -0.15) is 0 Å². The van der Waals surface area contributed by atoms with Crippen molar-refractivity contribution in [3.8, 4) is 5.75 Å². The molecular weight excluding hydrogens is 296 g/mol. The Labute approximate surface area is 127 Å². The molecule has 0 saturated carbocycles. The Balaban J connectivity index is 3.19. The molecule has 1 N–H and O–H groups in total. The van der Waals surface area contributed by atoms with Gasteiger partial charge in [-0.1, -0.05) is 0 Å². The molecule has 1 aromatic carbocycles. The summed E-state index contributed by atoms with van der Waals surface area (Å²) in [5, 5.41) is 2.19. The van der Waals surface area contributed by atoms with Gasteiger partial charge < -0.3 is 19.6 Å². The van der Waals surface area contributed by atoms with Crippen LogP contribution in [0.3, 0.4) is 0 Å². The maximum Gasteiger partial charge on any atom is 0.408 e. The molecule has 1 atom stereocenters. The molecule has 22 heavy (non-hydrogen) atoms. The number of methoxy groups -OCH3 is 1. The number of rotatable bonds is 4. The molecule has 0 fully saturated rings. The van der Waals surface area contributed by atoms with E-state index in [1.807, 2.05) is 0 Å². The number of alkyl carbamates (subject to hydrolysis) is 1. The van der Waals surface area contributed by atoms with E-state index in [9.17, 15) is 18.4 Å². The molecule has 0 aliphatic heterocycles. The minimum absolute atomic E-state index is 0.0377. The molecule has 5 nitrogen and oxygen atoms in total. The Morgan fingerprint density at radius 2 is 1.68 bits per heavy atom. The average molecular weight is 315 g/mol. The van der Waals surface area contributed by atoms with Crippen molar-refractivity contribution in [1.29, 1.82) is 0 Å². The van der Waals surface area contributed by atoms with Gasteiger partial charge in [-0.3, -0.25) is 0 Å². The predicted molar refractivity (Wildman–Crippen MR) is 75.7 cm³/mol. The second-order valence-corrected chi connectivity index (χ2v) is 5.91. The summed E-state index contributed by atoms with van der Waals surface area (Å²) in [6, 6.07) is 1.86. The molecule has 0 spiro atoms. The van der Waals surface area contributed by atoms with Crippen molar-refractivity contribution in [2.24, 2.45) is 0 Å². The highest BCUT2D eigenvalue weighted by atomic mass is 19.1. The SMILES string of the molecule is COc1cc(F)c(C(C)(C=O)NC(=O)OC(C)(C)C)c(F)c1. The Kier molecular flexibility index (Phi) is 5.11. The number of benzene rings is 1. The zero-order valence-electron chi connectivity index (χ0n) is 13.1. The van der Waals surface area contributed by atoms with E-state index in [1.165, 1.54) is 14.0 Å². The Bertz CT molecular complexity index is 560. The topological polar surface area (TPSA) is 64.6 Å². The van der Waals surface area contributed by atoms with Crippen molar-refractivity contribution >= 4 is 12.4 Å². The molecule has 0 heterocycles. The number of carbonyl (C=O) groups excluding carboxylic acids is 2. The van der Waals surface area contributed by atoms with Crippen LogP contribution in [0.4, 0.5) is 13.6 Å². The first-order valence-electron chi connectivity index (χ1n) is 6.53. The minimum Gasteiger partial charge on any atom is -0.497 e. The smallest absolute Gasteiger partial charge is 0.408 e. The summed E-state index contributed by atoms with van der Waals surface area (Å²) < 4.78 is 37.9. The molecule has 1 unspecified atom stereocenters. The molecule has 7 heteroatoms. The molecule has 1 aromatic rings. The monoisotopic (exact) mass is 315 g/mol. The van der Waals surface area contributed by atoms with Gasteiger partial charge in [0.1, 0.15) is 34.8 Å². The van der Waals surface area contributed by atoms with Gasteiger partial charge in [0.15, 0.2) is 0 Å². The first-order chi connectivity index (χ1) is 10.0. The largest absolute Gasteiger partial charge is 0.497 e. The van der Waals surface area contributed by atoms with Gasteiger partial charge in [-0.05, 0) is 27.7 Å². The van der Waals surface area contributed by atoms with Crippen LogP contribution in [0.2, 0.25) is 0 Å². The normalized spacial score (nSPS) is 14.0. The minimum atomic E-state index is -1.91. The van der Waals surface area contributed by atoms with Gasteiger partial charge in [-0.15, -0.1) is 0 Å². The highest BCUT2D eigenvalue weighted by Crippen LogP contribution is 2.29. The number of aldehydes is 1. The number of carbonyl (C=O) groups is 2. The number of halogens is 2. The van der Waals surface area contributed by atoms with Crippen LogP contribution in [0, 0.1) is 11.6 Å². The molecular formula is C15H19F2NO4. The summed E-state index contributed by atoms with van der Waals surface area (Å²) in [5.74, 6) is -2.06. The van der Waals surface area contributed by atoms with E-state index in [1.54, 1.807) is 20.8 Å². The molecule has 1 rings (SSSR count). The lowest BCUT2D eigenvalue weighted by atomic mass is 9.92. The van der Waals surface area contributed by atoms with Gasteiger partial charge in [-0.25, -0.2) is 13.6 Å². The Morgan fingerprint density at radius 3 is 2.05 bits per heavy atom. The molecule has 122 valence electrons. The van der Waals surface area contributed by atoms with Crippen LogP contribution in [-0.2, 0) is 15.1 Å². The molecule has 0 aliphatic carbocycles. The van der Waals surface area contributed by atoms with Gasteiger partial charge in [0.2, 0.25) is 0 Å². The second kappa shape index (κ2) is 6.29. The lowest BCUT2D eigenvalue weighted by Gasteiger charge is -2.28. The standard InChI is InChI=1S/C15H19F2NO4/c1-14(2,3)22-13(20)18-15(4,8-19)12-10(16)6-9(21-5)7-11(12)17/h6-8H,1-5H3,(H,18,20). The zero-order valence-corrected chi connectivity index (χ0v) is 13.1. The number of nitrogens with one attached hydrogen (secondary N) is 1. The van der Waals surface area contributed by atoms with Crippen molar-refractivity contribution in [3.63, 3.8) is 0 Å². The first-order valence-corrected chi connectivity index (χ1v) is 6.53. The Morgan fingerprint density at radius 1 is 1.18 bits per heavy atom. The lowest BCUT2D eigenvalue weighted by molar-refractivity contribution is -0.113. The van der Waals surface area contributed by atoms with Crippen molar-refractivity contribution in [1.82, 2.24) is 5.32 Å². The molecule has 0 saturated heterocycles. The summed E-state index contributed by atoms with van der Waals surface area (Å²) >= 11 is 0. The average Bonchev–Trinajstić information content (AvgIpc) is 2.35. The third-order valence-electron chi connectivity index (χ3n) is 2.77. The highest BCUT2D eigenvalue weighted by Gasteiger charge is 2.36. The van der Waals surface area contributed by atoms with Crippen molar-refractivity contribution in [2.75, 3.05) is 7.11 Å². The van der Waals surface area contributed by atoms with Crippen molar-refractivity contribution in [2.45, 2.75) is 38.8 Å². The van der Waals surface area contributed by atoms with Crippen LogP contribution >= 0.6 is 0 Å². The quantitative estimate of drug-likeness (QED) is 0.868. The molecule has 0 bridgehead atoms. The fourth-order valence-electron chi connectivity index (χ4n) is 1.83. The molecule has 0 aliphatic rings. The van der Waals surface area contributed by atoms with E-state index < -0.39 is 34.4 Å². The van der Waals surface area contributed by atoms with Crippen LogP contribution in [0.5, 0.6) is 5.75 Å². The van der Waals surface area contributed by atoms with Gasteiger partial charge in [0.05, 0.1) is 12.7 Å². The third-order valence-corrected chi connectivity index (χ3v) is 2.77. The second-order valence-electron chi connectivity index (χ2n) is 5.91. The lowest BCUT2D eigenvalue weighted by Crippen LogP contribution is -2.48. The van der Waals surface area contributed by atoms with Crippen LogP contribution in [0.1, 0.15) is 33.3 Å². The molecule has 1 amide bonds. The number of amides is 1. The van der Waals surface area contributed by atoms with E-state index in [2.05, 4.69) is 5.32 Å². The fourth-order valence-corrected chi connectivity index (χ4v) is 1.83. The predicted octanol–water partition coefficient (Wildman–Crippen LogP) is 2.91. The van der Waals surface area contributed by atoms with E-state index >= 15 is 0 Å². The number of hydrogen-bond donors (Lipinski definition) is 1. The summed E-state index contributed by atoms with van der Waals surface area (Å²) in [6.45, 7) is 6.05. The summed E-state index contributed by atoms with van der Waals surface area (Å²) in [6.07, 6.45) is -0.720. The van der Waals surface area contributed by atoms with E-state index in [4.69, 9.17) is 9.47 Å². The first kappa shape index (κ1) is 17.9. The summed E-state index contributed by atoms with van der Waals surface area (Å²) in [4.78, 5) is 23.1. The highest BCUT2D eigenvalue weighted by molar-refractivity contribution is 5.78. The van der Waals surface area contributed by atoms with E-state index in [0.29, 0.717) is 0 Å². The third kappa shape index (κ3) is 4.16. The zero-order chi connectivity index (χ0) is 17.1. The maximum absolute atomic E-state index is 14.1. The van der Waals surface area contributed by atoms with E-state index in [0.717, 1.165) is 12.1 Å². The van der Waals surface area contributed by atoms with Crippen LogP contribution in [-0.4, -0.2) is 25.1 Å². The summed E-state index contributed by atoms with van der Waals surface area (Å²) in [5.41, 5.74) is -3.32. The van der Waals surface area contributed by atoms with E-state index in [-0.39, 0.29) is 12.0 Å². The van der Waals surface area contributed by atoms with Gasteiger partial charge >= 0.3 is 6.09 Å². The van der Waals surface area contributed by atoms with Crippen LogP contribution in [0.15, 0.2) is 12.1 Å². The van der Waals surface area contributed by atoms with Crippen molar-refractivity contribution in [3.05, 3.63) is 29.3 Å². The Hall–Kier alpha value is -2.18. The van der Waals surface area contributed by atoms with Gasteiger partial charge in [0.25, 0.3) is 0 Å². The number of hydrogen-bond acceptors (Lipinski definition) is 4. The molecule has 0 radical (unpaired) electrons. The fraction of sp³-hybridized carbons (Fsp3) is 0.467. The van der Waals surface area contributed by atoms with Gasteiger partial charge in [0, 0.05) is 12.1 Å². The van der Waals surface area contributed by atoms with Crippen LogP contribution < -0.4 is 10.1 Å². The summed E-state index contributed by atoms with van der Waals surface area (Å²) in [7, 11) is 1.26. The maximum atomic E-state index is 14.1. The number of ether oxygens (including phenoxy) is 2. The van der Waals surface area contributed by atoms with Crippen LogP contribution in [0.25, 0.3) is 0 Å². The molecule has 0 aromatic heterocycles. The van der Waals surface area contributed by atoms with Crippen molar-refractivity contribution < 1.29 is 27.8 Å².